The van der Waals surface area contributed by atoms with Crippen molar-refractivity contribution >= 4 is 47.0 Å². The summed E-state index contributed by atoms with van der Waals surface area (Å²) in [7, 11) is 0. The molecule has 8 heteroatoms. The van der Waals surface area contributed by atoms with Crippen molar-refractivity contribution < 1.29 is 0 Å². The van der Waals surface area contributed by atoms with E-state index in [4.69, 9.17) is 19.9 Å². The van der Waals surface area contributed by atoms with E-state index in [-0.39, 0.29) is 23.7 Å². The van der Waals surface area contributed by atoms with Crippen molar-refractivity contribution in [3.63, 3.8) is 0 Å². The molecule has 0 spiro atoms. The van der Waals surface area contributed by atoms with Crippen LogP contribution in [0.1, 0.15) is 46.2 Å². The molecule has 2 aromatic carbocycles. The average molecular weight is 549 g/mol. The lowest BCUT2D eigenvalue weighted by molar-refractivity contribution is 0.217. The van der Waals surface area contributed by atoms with Gasteiger partial charge in [-0.2, -0.15) is 0 Å². The van der Waals surface area contributed by atoms with E-state index in [1.165, 1.54) is 11.1 Å². The van der Waals surface area contributed by atoms with Gasteiger partial charge in [0.25, 0.3) is 0 Å². The van der Waals surface area contributed by atoms with Crippen LogP contribution < -0.4 is 0 Å². The van der Waals surface area contributed by atoms with Gasteiger partial charge in [-0.3, -0.25) is 0 Å². The summed E-state index contributed by atoms with van der Waals surface area (Å²) in [6, 6.07) is 26.1. The highest BCUT2D eigenvalue weighted by molar-refractivity contribution is 7.99. The Bertz CT molecular complexity index is 1160. The van der Waals surface area contributed by atoms with Gasteiger partial charge in [0, 0.05) is 23.7 Å². The summed E-state index contributed by atoms with van der Waals surface area (Å²) < 4.78 is 0. The van der Waals surface area contributed by atoms with Crippen LogP contribution >= 0.6 is 47.0 Å². The Morgan fingerprint density at radius 2 is 0.861 bits per heavy atom. The van der Waals surface area contributed by atoms with Crippen molar-refractivity contribution in [3.05, 3.63) is 95.3 Å². The van der Waals surface area contributed by atoms with Crippen molar-refractivity contribution in [2.45, 2.75) is 44.0 Å². The zero-order chi connectivity index (χ0) is 25.1. The summed E-state index contributed by atoms with van der Waals surface area (Å²) in [6.45, 7) is 0. The molecule has 0 amide bonds. The fourth-order valence-corrected chi connectivity index (χ4v) is 6.96. The monoisotopic (exact) mass is 548 g/mol. The van der Waals surface area contributed by atoms with Crippen molar-refractivity contribution in [1.82, 2.24) is 19.9 Å². The van der Waals surface area contributed by atoms with Gasteiger partial charge < -0.3 is 0 Å². The zero-order valence-electron chi connectivity index (χ0n) is 20.7. The first-order valence-electron chi connectivity index (χ1n) is 11.7. The van der Waals surface area contributed by atoms with Crippen LogP contribution in [0.5, 0.6) is 0 Å². The van der Waals surface area contributed by atoms with E-state index in [1.54, 1.807) is 47.0 Å². The molecule has 1 aliphatic carbocycles. The van der Waals surface area contributed by atoms with Crippen molar-refractivity contribution in [2.75, 3.05) is 25.0 Å². The van der Waals surface area contributed by atoms with Gasteiger partial charge in [-0.15, -0.1) is 23.5 Å². The molecule has 0 aliphatic heterocycles. The molecular weight excluding hydrogens is 521 g/mol. The quantitative estimate of drug-likeness (QED) is 0.127. The van der Waals surface area contributed by atoms with E-state index in [2.05, 4.69) is 85.3 Å². The maximum Gasteiger partial charge on any atom is 0.188 e. The van der Waals surface area contributed by atoms with E-state index in [1.807, 2.05) is 12.5 Å². The molecule has 0 radical (unpaired) electrons. The maximum atomic E-state index is 5.07. The largest absolute Gasteiger partial charge is 0.227 e. The molecule has 4 nitrogen and oxygen atoms in total. The molecule has 1 saturated carbocycles. The minimum atomic E-state index is 0.213. The molecule has 0 bridgehead atoms. The minimum Gasteiger partial charge on any atom is -0.227 e. The van der Waals surface area contributed by atoms with E-state index >= 15 is 0 Å². The first kappa shape index (κ1) is 25.6. The summed E-state index contributed by atoms with van der Waals surface area (Å²) in [6.07, 6.45) is 8.26. The van der Waals surface area contributed by atoms with Gasteiger partial charge in [-0.05, 0) is 48.3 Å². The van der Waals surface area contributed by atoms with Gasteiger partial charge in [0.1, 0.15) is 10.1 Å². The van der Waals surface area contributed by atoms with Crippen LogP contribution in [0.15, 0.2) is 93.2 Å². The third-order valence-corrected chi connectivity index (χ3v) is 9.14. The van der Waals surface area contributed by atoms with Crippen LogP contribution in [0.3, 0.4) is 0 Å². The van der Waals surface area contributed by atoms with E-state index in [0.29, 0.717) is 0 Å². The Labute approximate surface area is 230 Å². The van der Waals surface area contributed by atoms with Gasteiger partial charge in [0.15, 0.2) is 10.3 Å². The molecule has 1 fully saturated rings. The lowest BCUT2D eigenvalue weighted by atomic mass is 9.50. The second kappa shape index (κ2) is 11.6. The first-order valence-corrected chi connectivity index (χ1v) is 16.6. The fourth-order valence-electron chi connectivity index (χ4n) is 5.24. The summed E-state index contributed by atoms with van der Waals surface area (Å²) >= 11 is 6.56. The Balaban J connectivity index is 1.72. The normalized spacial score (nSPS) is 21.2. The molecule has 0 atom stereocenters. The van der Waals surface area contributed by atoms with E-state index in [9.17, 15) is 0 Å². The molecule has 0 N–H and O–H groups in total. The highest BCUT2D eigenvalue weighted by atomic mass is 32.2. The standard InChI is InChI=1S/C28H28N4S4/c1-33-21-15-19(29-27(31-21)35-3)25-23(17-11-7-5-8-12-17)26(24(25)18-13-9-6-10-14-18)20-16-22(34-2)32-28(30-20)36-4/h5-16,23-26H,1-4H3. The van der Waals surface area contributed by atoms with Crippen LogP contribution in [-0.2, 0) is 0 Å². The number of hydrogen-bond donors (Lipinski definition) is 0. The summed E-state index contributed by atoms with van der Waals surface area (Å²) in [5, 5.41) is 3.69. The van der Waals surface area contributed by atoms with Gasteiger partial charge in [-0.1, -0.05) is 84.2 Å². The Morgan fingerprint density at radius 1 is 0.472 bits per heavy atom. The molecule has 0 saturated heterocycles. The molecular formula is C28H28N4S4. The second-order valence-electron chi connectivity index (χ2n) is 8.57. The number of hydrogen-bond acceptors (Lipinski definition) is 8. The molecule has 184 valence electrons. The molecule has 36 heavy (non-hydrogen) atoms. The summed E-state index contributed by atoms with van der Waals surface area (Å²) in [5.41, 5.74) is 4.87. The number of aromatic nitrogens is 4. The van der Waals surface area contributed by atoms with Crippen molar-refractivity contribution in [2.24, 2.45) is 0 Å². The smallest absolute Gasteiger partial charge is 0.188 e. The number of rotatable bonds is 8. The van der Waals surface area contributed by atoms with Crippen molar-refractivity contribution in [3.8, 4) is 0 Å². The molecule has 1 aliphatic rings. The second-order valence-corrected chi connectivity index (χ2v) is 11.8. The van der Waals surface area contributed by atoms with Crippen molar-refractivity contribution in [1.29, 1.82) is 0 Å². The van der Waals surface area contributed by atoms with Gasteiger partial charge >= 0.3 is 0 Å². The number of benzene rings is 2. The van der Waals surface area contributed by atoms with Crippen LogP contribution in [0.4, 0.5) is 0 Å². The van der Waals surface area contributed by atoms with Crippen LogP contribution in [0.25, 0.3) is 0 Å². The first-order chi connectivity index (χ1) is 17.7. The molecule has 0 unspecified atom stereocenters. The predicted molar refractivity (Wildman–Crippen MR) is 155 cm³/mol. The lowest BCUT2D eigenvalue weighted by Crippen LogP contribution is -2.41. The van der Waals surface area contributed by atoms with Crippen LogP contribution in [0.2, 0.25) is 0 Å². The minimum absolute atomic E-state index is 0.213. The Hall–Kier alpha value is -2.00. The van der Waals surface area contributed by atoms with Gasteiger partial charge in [0.05, 0.1) is 11.4 Å². The lowest BCUT2D eigenvalue weighted by Gasteiger charge is -2.52. The van der Waals surface area contributed by atoms with E-state index in [0.717, 1.165) is 31.8 Å². The van der Waals surface area contributed by atoms with Gasteiger partial charge in [-0.25, -0.2) is 19.9 Å². The van der Waals surface area contributed by atoms with Crippen LogP contribution in [0, 0.1) is 0 Å². The maximum absolute atomic E-state index is 5.07. The summed E-state index contributed by atoms with van der Waals surface area (Å²) in [5.74, 6) is 0.917. The molecule has 4 aromatic rings. The molecule has 5 rings (SSSR count). The highest BCUT2D eigenvalue weighted by Gasteiger charge is 2.54. The topological polar surface area (TPSA) is 51.6 Å². The predicted octanol–water partition coefficient (Wildman–Crippen LogP) is 7.60. The van der Waals surface area contributed by atoms with Gasteiger partial charge in [0.2, 0.25) is 0 Å². The molecule has 2 heterocycles. The Morgan fingerprint density at radius 3 is 1.19 bits per heavy atom. The highest BCUT2D eigenvalue weighted by Crippen LogP contribution is 2.66. The zero-order valence-corrected chi connectivity index (χ0v) is 23.9. The number of nitrogens with zero attached hydrogens (tertiary/aromatic N) is 4. The SMILES string of the molecule is CSc1cc(C2C(c3ccccc3)C(c3cc(SC)nc(SC)n3)C2c2ccccc2)nc(SC)n1. The molecule has 2 aromatic heterocycles. The fraction of sp³-hybridized carbons (Fsp3) is 0.286. The van der Waals surface area contributed by atoms with E-state index < -0.39 is 0 Å². The average Bonchev–Trinajstić information content (AvgIpc) is 2.93. The Kier molecular flexibility index (Phi) is 8.25. The third kappa shape index (κ3) is 5.05. The summed E-state index contributed by atoms with van der Waals surface area (Å²) in [4.78, 5) is 19.6. The number of thioether (sulfide) groups is 4. The van der Waals surface area contributed by atoms with Crippen LogP contribution in [-0.4, -0.2) is 45.0 Å². The third-order valence-electron chi connectivity index (χ3n) is 6.79.